The van der Waals surface area contributed by atoms with Crippen LogP contribution in [0.1, 0.15) is 10.5 Å². The first-order valence-electron chi connectivity index (χ1n) is 5.94. The van der Waals surface area contributed by atoms with Crippen LogP contribution in [-0.2, 0) is 0 Å². The van der Waals surface area contributed by atoms with Gasteiger partial charge in [0.2, 0.25) is 0 Å². The maximum Gasteiger partial charge on any atom is 0.275 e. The molecule has 0 aliphatic carbocycles. The van der Waals surface area contributed by atoms with Gasteiger partial charge in [-0.3, -0.25) is 4.79 Å². The maximum atomic E-state index is 12.2. The number of thiazole rings is 1. The standard InChI is InChI=1S/C13H10ClN5OS/c14-8-2-1-3-9(11(8)19-5-4-16-7-19)17-12(20)10-6-21-13(15)18-10/h1-7H,(H2,15,18)(H,17,20). The van der Waals surface area contributed by atoms with E-state index in [4.69, 9.17) is 17.3 Å². The zero-order chi connectivity index (χ0) is 14.8. The molecule has 3 aromatic rings. The third-order valence-corrected chi connectivity index (χ3v) is 3.73. The monoisotopic (exact) mass is 319 g/mol. The second kappa shape index (κ2) is 5.55. The van der Waals surface area contributed by atoms with Crippen LogP contribution < -0.4 is 11.1 Å². The van der Waals surface area contributed by atoms with Crippen molar-refractivity contribution in [2.24, 2.45) is 0 Å². The zero-order valence-corrected chi connectivity index (χ0v) is 12.2. The summed E-state index contributed by atoms with van der Waals surface area (Å²) in [6.45, 7) is 0. The molecular weight excluding hydrogens is 310 g/mol. The lowest BCUT2D eigenvalue weighted by atomic mass is 10.2. The molecular formula is C13H10ClN5OS. The van der Waals surface area contributed by atoms with Crippen molar-refractivity contribution in [2.75, 3.05) is 11.1 Å². The molecule has 8 heteroatoms. The molecule has 0 saturated carbocycles. The molecule has 0 saturated heterocycles. The van der Waals surface area contributed by atoms with Gasteiger partial charge in [0.25, 0.3) is 5.91 Å². The number of nitrogen functional groups attached to an aromatic ring is 1. The third-order valence-electron chi connectivity index (χ3n) is 2.75. The number of benzene rings is 1. The van der Waals surface area contributed by atoms with Gasteiger partial charge in [0, 0.05) is 17.8 Å². The molecule has 0 aliphatic rings. The van der Waals surface area contributed by atoms with Gasteiger partial charge in [-0.25, -0.2) is 9.97 Å². The van der Waals surface area contributed by atoms with Crippen LogP contribution in [0.2, 0.25) is 5.02 Å². The van der Waals surface area contributed by atoms with Crippen molar-refractivity contribution in [1.82, 2.24) is 14.5 Å². The number of aromatic nitrogens is 3. The van der Waals surface area contributed by atoms with Crippen LogP contribution in [0.3, 0.4) is 0 Å². The summed E-state index contributed by atoms with van der Waals surface area (Å²) in [5.41, 5.74) is 7.02. The number of para-hydroxylation sites is 1. The lowest BCUT2D eigenvalue weighted by molar-refractivity contribution is 0.102. The van der Waals surface area contributed by atoms with Crippen LogP contribution in [0.5, 0.6) is 0 Å². The average molecular weight is 320 g/mol. The Morgan fingerprint density at radius 2 is 2.29 bits per heavy atom. The Labute approximate surface area is 129 Å². The minimum atomic E-state index is -0.341. The molecule has 3 N–H and O–H groups in total. The molecule has 0 aliphatic heterocycles. The fourth-order valence-corrected chi connectivity index (χ4v) is 2.66. The number of carbonyl (C=O) groups is 1. The van der Waals surface area contributed by atoms with E-state index >= 15 is 0 Å². The summed E-state index contributed by atoms with van der Waals surface area (Å²) in [4.78, 5) is 20.1. The Morgan fingerprint density at radius 3 is 2.95 bits per heavy atom. The first-order chi connectivity index (χ1) is 10.1. The summed E-state index contributed by atoms with van der Waals surface area (Å²) < 4.78 is 1.73. The largest absolute Gasteiger partial charge is 0.375 e. The van der Waals surface area contributed by atoms with Gasteiger partial charge in [-0.15, -0.1) is 11.3 Å². The fraction of sp³-hybridized carbons (Fsp3) is 0. The number of halogens is 1. The van der Waals surface area contributed by atoms with Gasteiger partial charge < -0.3 is 15.6 Å². The van der Waals surface area contributed by atoms with Crippen molar-refractivity contribution in [3.05, 3.63) is 53.0 Å². The number of carbonyl (C=O) groups excluding carboxylic acids is 1. The second-order valence-electron chi connectivity index (χ2n) is 4.13. The Hall–Kier alpha value is -2.38. The van der Waals surface area contributed by atoms with E-state index in [1.165, 1.54) is 11.3 Å². The van der Waals surface area contributed by atoms with Crippen molar-refractivity contribution in [3.63, 3.8) is 0 Å². The van der Waals surface area contributed by atoms with Gasteiger partial charge >= 0.3 is 0 Å². The van der Waals surface area contributed by atoms with Crippen molar-refractivity contribution >= 4 is 39.7 Å². The highest BCUT2D eigenvalue weighted by molar-refractivity contribution is 7.13. The molecule has 6 nitrogen and oxygen atoms in total. The number of amides is 1. The highest BCUT2D eigenvalue weighted by Gasteiger charge is 2.14. The van der Waals surface area contributed by atoms with Crippen molar-refractivity contribution in [3.8, 4) is 5.69 Å². The maximum absolute atomic E-state index is 12.2. The Kier molecular flexibility index (Phi) is 3.59. The van der Waals surface area contributed by atoms with Crippen LogP contribution in [0.4, 0.5) is 10.8 Å². The van der Waals surface area contributed by atoms with E-state index < -0.39 is 0 Å². The Balaban J connectivity index is 1.96. The number of anilines is 2. The van der Waals surface area contributed by atoms with Gasteiger partial charge in [-0.2, -0.15) is 0 Å². The quantitative estimate of drug-likeness (QED) is 0.777. The van der Waals surface area contributed by atoms with E-state index in [-0.39, 0.29) is 11.6 Å². The number of hydrogen-bond acceptors (Lipinski definition) is 5. The molecule has 0 unspecified atom stereocenters. The molecule has 2 aromatic heterocycles. The molecule has 0 atom stereocenters. The second-order valence-corrected chi connectivity index (χ2v) is 5.43. The number of nitrogens with zero attached hydrogens (tertiary/aromatic N) is 3. The number of hydrogen-bond donors (Lipinski definition) is 2. The van der Waals surface area contributed by atoms with Gasteiger partial charge in [0.05, 0.1) is 22.7 Å². The molecule has 1 aromatic carbocycles. The lowest BCUT2D eigenvalue weighted by Gasteiger charge is -2.12. The fourth-order valence-electron chi connectivity index (χ4n) is 1.85. The number of rotatable bonds is 3. The van der Waals surface area contributed by atoms with E-state index in [1.807, 2.05) is 0 Å². The number of imidazole rings is 1. The van der Waals surface area contributed by atoms with Crippen molar-refractivity contribution < 1.29 is 4.79 Å². The normalized spacial score (nSPS) is 10.5. The van der Waals surface area contributed by atoms with Gasteiger partial charge in [0.1, 0.15) is 5.69 Å². The van der Waals surface area contributed by atoms with Crippen LogP contribution in [0.25, 0.3) is 5.69 Å². The average Bonchev–Trinajstić information content (AvgIpc) is 3.10. The summed E-state index contributed by atoms with van der Waals surface area (Å²) in [5.74, 6) is -0.341. The van der Waals surface area contributed by atoms with Crippen molar-refractivity contribution in [2.45, 2.75) is 0 Å². The number of nitrogens with two attached hydrogens (primary N) is 1. The van der Waals surface area contributed by atoms with E-state index in [0.717, 1.165) is 0 Å². The summed E-state index contributed by atoms with van der Waals surface area (Å²) in [6.07, 6.45) is 4.99. The lowest BCUT2D eigenvalue weighted by Crippen LogP contribution is -2.14. The minimum absolute atomic E-state index is 0.272. The first kappa shape index (κ1) is 13.6. The first-order valence-corrected chi connectivity index (χ1v) is 7.20. The van der Waals surface area contributed by atoms with Crippen LogP contribution in [0, 0.1) is 0 Å². The van der Waals surface area contributed by atoms with E-state index in [0.29, 0.717) is 21.5 Å². The summed E-state index contributed by atoms with van der Waals surface area (Å²) >= 11 is 7.43. The van der Waals surface area contributed by atoms with Crippen LogP contribution in [0.15, 0.2) is 42.3 Å². The summed E-state index contributed by atoms with van der Waals surface area (Å²) in [5, 5.41) is 5.24. The summed E-state index contributed by atoms with van der Waals surface area (Å²) in [6, 6.07) is 5.26. The SMILES string of the molecule is Nc1nc(C(=O)Nc2cccc(Cl)c2-n2ccnc2)cs1. The highest BCUT2D eigenvalue weighted by atomic mass is 35.5. The number of nitrogens with one attached hydrogen (secondary N) is 1. The highest BCUT2D eigenvalue weighted by Crippen LogP contribution is 2.28. The van der Waals surface area contributed by atoms with E-state index in [2.05, 4.69) is 15.3 Å². The van der Waals surface area contributed by atoms with Crippen LogP contribution in [-0.4, -0.2) is 20.4 Å². The molecule has 0 radical (unpaired) electrons. The van der Waals surface area contributed by atoms with Gasteiger partial charge in [-0.1, -0.05) is 17.7 Å². The molecule has 3 rings (SSSR count). The van der Waals surface area contributed by atoms with E-state index in [1.54, 1.807) is 46.9 Å². The molecule has 2 heterocycles. The van der Waals surface area contributed by atoms with Gasteiger partial charge in [0.15, 0.2) is 5.13 Å². The van der Waals surface area contributed by atoms with E-state index in [9.17, 15) is 4.79 Å². The Morgan fingerprint density at radius 1 is 1.43 bits per heavy atom. The smallest absolute Gasteiger partial charge is 0.275 e. The minimum Gasteiger partial charge on any atom is -0.375 e. The Bertz CT molecular complexity index is 784. The molecule has 0 fully saturated rings. The summed E-state index contributed by atoms with van der Waals surface area (Å²) in [7, 11) is 0. The molecule has 1 amide bonds. The molecule has 0 spiro atoms. The molecule has 0 bridgehead atoms. The predicted molar refractivity (Wildman–Crippen MR) is 83.1 cm³/mol. The molecule has 106 valence electrons. The predicted octanol–water partition coefficient (Wildman–Crippen LogP) is 2.82. The van der Waals surface area contributed by atoms with Gasteiger partial charge in [-0.05, 0) is 12.1 Å². The zero-order valence-electron chi connectivity index (χ0n) is 10.7. The topological polar surface area (TPSA) is 85.8 Å². The molecule has 21 heavy (non-hydrogen) atoms. The van der Waals surface area contributed by atoms with Crippen molar-refractivity contribution in [1.29, 1.82) is 0 Å². The third kappa shape index (κ3) is 2.74. The van der Waals surface area contributed by atoms with Crippen LogP contribution >= 0.6 is 22.9 Å².